The summed E-state index contributed by atoms with van der Waals surface area (Å²) in [4.78, 5) is 25.4. The molecule has 10 nitrogen and oxygen atoms in total. The average Bonchev–Trinajstić information content (AvgIpc) is 3.23. The zero-order valence-corrected chi connectivity index (χ0v) is 37.2. The number of carbonyl (C=O) groups excluding carboxylic acids is 2. The number of allylic oxidation sites excluding steroid dienone is 8. The average molecular weight is 835 g/mol. The third-order valence-corrected chi connectivity index (χ3v) is 10.7. The fraction of sp³-hybridized carbons (Fsp3) is 0.796. The molecule has 1 aliphatic heterocycles. The molecule has 4 N–H and O–H groups in total. The molecular formula is C49H86O10. The molecule has 6 unspecified atom stereocenters. The number of hydrogen-bond donors (Lipinski definition) is 4. The van der Waals surface area contributed by atoms with Crippen LogP contribution in [0.25, 0.3) is 0 Å². The molecule has 0 aromatic rings. The first-order valence-electron chi connectivity index (χ1n) is 23.7. The maximum Gasteiger partial charge on any atom is 0.306 e. The molecule has 1 saturated heterocycles. The van der Waals surface area contributed by atoms with Crippen molar-refractivity contribution >= 4 is 11.9 Å². The first-order valence-corrected chi connectivity index (χ1v) is 23.7. The van der Waals surface area contributed by atoms with Gasteiger partial charge in [0.15, 0.2) is 12.4 Å². The number of carbonyl (C=O) groups is 2. The second-order valence-corrected chi connectivity index (χ2v) is 16.2. The van der Waals surface area contributed by atoms with Crippen molar-refractivity contribution in [3.05, 3.63) is 48.6 Å². The van der Waals surface area contributed by atoms with Crippen molar-refractivity contribution in [3.63, 3.8) is 0 Å². The summed E-state index contributed by atoms with van der Waals surface area (Å²) in [6.45, 7) is 3.37. The van der Waals surface area contributed by atoms with Gasteiger partial charge in [-0.3, -0.25) is 9.59 Å². The summed E-state index contributed by atoms with van der Waals surface area (Å²) in [7, 11) is 0. The highest BCUT2D eigenvalue weighted by atomic mass is 16.7. The van der Waals surface area contributed by atoms with Crippen molar-refractivity contribution in [2.24, 2.45) is 0 Å². The van der Waals surface area contributed by atoms with Crippen LogP contribution < -0.4 is 0 Å². The van der Waals surface area contributed by atoms with E-state index in [-0.39, 0.29) is 32.0 Å². The first kappa shape index (κ1) is 54.7. The minimum absolute atomic E-state index is 0.213. The molecule has 6 atom stereocenters. The minimum Gasteiger partial charge on any atom is -0.462 e. The molecule has 10 heteroatoms. The predicted molar refractivity (Wildman–Crippen MR) is 238 cm³/mol. The summed E-state index contributed by atoms with van der Waals surface area (Å²) in [6, 6.07) is 0. The minimum atomic E-state index is -1.60. The van der Waals surface area contributed by atoms with Gasteiger partial charge in [-0.1, -0.05) is 152 Å². The number of rotatable bonds is 39. The number of aliphatic hydroxyl groups excluding tert-OH is 4. The molecule has 0 aromatic carbocycles. The van der Waals surface area contributed by atoms with Crippen LogP contribution in [0.15, 0.2) is 48.6 Å². The lowest BCUT2D eigenvalue weighted by molar-refractivity contribution is -0.305. The maximum atomic E-state index is 12.8. The molecule has 0 saturated carbocycles. The van der Waals surface area contributed by atoms with Gasteiger partial charge in [-0.2, -0.15) is 0 Å². The van der Waals surface area contributed by atoms with Gasteiger partial charge in [0.05, 0.1) is 13.2 Å². The normalized spacial score (nSPS) is 20.4. The molecule has 0 amide bonds. The molecule has 1 rings (SSSR count). The van der Waals surface area contributed by atoms with Crippen molar-refractivity contribution in [3.8, 4) is 0 Å². The molecule has 0 aliphatic carbocycles. The molecule has 0 bridgehead atoms. The SMILES string of the molecule is CCCCC/C=C\C/C=C\C/C=C\CCCCCCCCC(=O)OC(COC(=O)CCCCCCC/C=C\CCCCCCCC)COC1OC(CO)C(O)C(O)C1O. The Bertz CT molecular complexity index is 1100. The van der Waals surface area contributed by atoms with Gasteiger partial charge in [0.1, 0.15) is 31.0 Å². The van der Waals surface area contributed by atoms with E-state index in [1.165, 1.54) is 70.6 Å². The Morgan fingerprint density at radius 3 is 1.47 bits per heavy atom. The van der Waals surface area contributed by atoms with Gasteiger partial charge in [0.25, 0.3) is 0 Å². The van der Waals surface area contributed by atoms with Gasteiger partial charge in [-0.15, -0.1) is 0 Å². The summed E-state index contributed by atoms with van der Waals surface area (Å²) in [5, 5.41) is 40.1. The van der Waals surface area contributed by atoms with Crippen LogP contribution in [0.5, 0.6) is 0 Å². The topological polar surface area (TPSA) is 152 Å². The van der Waals surface area contributed by atoms with Gasteiger partial charge in [0.2, 0.25) is 0 Å². The van der Waals surface area contributed by atoms with E-state index in [2.05, 4.69) is 62.5 Å². The molecule has 342 valence electrons. The van der Waals surface area contributed by atoms with Crippen LogP contribution in [0.3, 0.4) is 0 Å². The Labute approximate surface area is 358 Å². The summed E-state index contributed by atoms with van der Waals surface area (Å²) in [6.07, 6.45) is 39.6. The summed E-state index contributed by atoms with van der Waals surface area (Å²) in [5.74, 6) is -0.830. The standard InChI is InChI=1S/C49H86O10/c1-3-5-7-9-11-13-15-17-19-20-21-22-24-26-28-30-32-34-36-38-45(52)58-42(41-57-49-48(55)47(54)46(53)43(39-50)59-49)40-56-44(51)37-35-33-31-29-27-25-23-18-16-14-12-10-8-6-4-2/h11,13,17-19,21-23,42-43,46-50,53-55H,3-10,12,14-16,20,24-41H2,1-2H3/b13-11-,19-17-,22-21-,23-18-. The Kier molecular flexibility index (Phi) is 36.9. The summed E-state index contributed by atoms with van der Waals surface area (Å²) < 4.78 is 22.2. The maximum absolute atomic E-state index is 12.8. The monoisotopic (exact) mass is 835 g/mol. The van der Waals surface area contributed by atoms with Crippen molar-refractivity contribution in [2.45, 2.75) is 230 Å². The Balaban J connectivity index is 2.33. The second kappa shape index (κ2) is 39.8. The van der Waals surface area contributed by atoms with E-state index in [9.17, 15) is 30.0 Å². The van der Waals surface area contributed by atoms with E-state index >= 15 is 0 Å². The number of ether oxygens (including phenoxy) is 4. The Morgan fingerprint density at radius 1 is 0.525 bits per heavy atom. The van der Waals surface area contributed by atoms with Crippen molar-refractivity contribution in [1.29, 1.82) is 0 Å². The zero-order chi connectivity index (χ0) is 43.0. The molecule has 1 heterocycles. The van der Waals surface area contributed by atoms with E-state index in [0.29, 0.717) is 12.8 Å². The van der Waals surface area contributed by atoms with Gasteiger partial charge in [-0.25, -0.2) is 0 Å². The van der Waals surface area contributed by atoms with Gasteiger partial charge >= 0.3 is 11.9 Å². The molecule has 1 aliphatic rings. The lowest BCUT2D eigenvalue weighted by Crippen LogP contribution is -2.59. The molecule has 0 spiro atoms. The third kappa shape index (κ3) is 31.2. The van der Waals surface area contributed by atoms with Crippen LogP contribution in [0, 0.1) is 0 Å². The van der Waals surface area contributed by atoms with Crippen LogP contribution in [0.2, 0.25) is 0 Å². The summed E-state index contributed by atoms with van der Waals surface area (Å²) in [5.41, 5.74) is 0. The summed E-state index contributed by atoms with van der Waals surface area (Å²) >= 11 is 0. The second-order valence-electron chi connectivity index (χ2n) is 16.2. The molecule has 59 heavy (non-hydrogen) atoms. The largest absolute Gasteiger partial charge is 0.462 e. The predicted octanol–water partition coefficient (Wildman–Crippen LogP) is 10.4. The van der Waals surface area contributed by atoms with E-state index in [0.717, 1.165) is 83.5 Å². The van der Waals surface area contributed by atoms with Crippen LogP contribution in [0.4, 0.5) is 0 Å². The van der Waals surface area contributed by atoms with E-state index in [1.54, 1.807) is 0 Å². The van der Waals surface area contributed by atoms with E-state index in [1.807, 2.05) is 0 Å². The van der Waals surface area contributed by atoms with Gasteiger partial charge < -0.3 is 39.4 Å². The molecular weight excluding hydrogens is 749 g/mol. The lowest BCUT2D eigenvalue weighted by atomic mass is 9.99. The van der Waals surface area contributed by atoms with Crippen molar-refractivity contribution in [1.82, 2.24) is 0 Å². The fourth-order valence-corrected chi connectivity index (χ4v) is 6.89. The van der Waals surface area contributed by atoms with Crippen molar-refractivity contribution in [2.75, 3.05) is 19.8 Å². The smallest absolute Gasteiger partial charge is 0.306 e. The number of aliphatic hydroxyl groups is 4. The first-order chi connectivity index (χ1) is 28.8. The molecule has 0 radical (unpaired) electrons. The van der Waals surface area contributed by atoms with Crippen LogP contribution in [0.1, 0.15) is 194 Å². The van der Waals surface area contributed by atoms with Crippen molar-refractivity contribution < 1.29 is 49.0 Å². The quantitative estimate of drug-likeness (QED) is 0.0267. The number of unbranched alkanes of at least 4 members (excludes halogenated alkanes) is 20. The van der Waals surface area contributed by atoms with Crippen LogP contribution in [-0.4, -0.2) is 89.0 Å². The zero-order valence-electron chi connectivity index (χ0n) is 37.2. The number of esters is 2. The third-order valence-electron chi connectivity index (χ3n) is 10.7. The highest BCUT2D eigenvalue weighted by molar-refractivity contribution is 5.70. The van der Waals surface area contributed by atoms with Gasteiger partial charge in [-0.05, 0) is 77.0 Å². The lowest BCUT2D eigenvalue weighted by Gasteiger charge is -2.39. The van der Waals surface area contributed by atoms with Crippen LogP contribution in [-0.2, 0) is 28.5 Å². The van der Waals surface area contributed by atoms with Crippen LogP contribution >= 0.6 is 0 Å². The number of hydrogen-bond acceptors (Lipinski definition) is 10. The molecule has 0 aromatic heterocycles. The Morgan fingerprint density at radius 2 is 0.949 bits per heavy atom. The fourth-order valence-electron chi connectivity index (χ4n) is 6.89. The molecule has 1 fully saturated rings. The van der Waals surface area contributed by atoms with E-state index < -0.39 is 49.4 Å². The van der Waals surface area contributed by atoms with Gasteiger partial charge in [0, 0.05) is 12.8 Å². The highest BCUT2D eigenvalue weighted by Crippen LogP contribution is 2.22. The van der Waals surface area contributed by atoms with E-state index in [4.69, 9.17) is 18.9 Å². The highest BCUT2D eigenvalue weighted by Gasteiger charge is 2.44. The Hall–Kier alpha value is -2.34.